The third kappa shape index (κ3) is 5.50. The normalized spacial score (nSPS) is 14.8. The number of rotatable bonds is 6. The van der Waals surface area contributed by atoms with E-state index in [0.29, 0.717) is 6.20 Å². The summed E-state index contributed by atoms with van der Waals surface area (Å²) >= 11 is 0. The summed E-state index contributed by atoms with van der Waals surface area (Å²) in [5.41, 5.74) is 1.56. The van der Waals surface area contributed by atoms with E-state index in [-0.39, 0.29) is 30.2 Å². The van der Waals surface area contributed by atoms with Crippen LogP contribution in [0.15, 0.2) is 53.8 Å². The largest absolute Gasteiger partial charge is 0.487 e. The second-order valence-electron chi connectivity index (χ2n) is 8.20. The zero-order valence-electron chi connectivity index (χ0n) is 18.9. The number of primary amides is 1. The van der Waals surface area contributed by atoms with Gasteiger partial charge in [0.1, 0.15) is 17.7 Å². The standard InChI is InChI=1S/C22H17F6N5O4S/c23-21(24,25)12-1-3-13(4-2-12)37-14-9-33(10-14)20-18(19(29)34)17(15(8-32-20)22(26,27)28)11-5-6-31-16(7-11)38(30,35)36/h1-8,14H,9-10H2,(H2,29,34)(H2,30,35,36). The van der Waals surface area contributed by atoms with E-state index in [0.717, 1.165) is 42.6 Å². The lowest BCUT2D eigenvalue weighted by atomic mass is 9.94. The van der Waals surface area contributed by atoms with Gasteiger partial charge in [-0.3, -0.25) is 4.79 Å². The summed E-state index contributed by atoms with van der Waals surface area (Å²) in [6.45, 7) is 0.0236. The number of hydrogen-bond acceptors (Lipinski definition) is 7. The fourth-order valence-corrected chi connectivity index (χ4v) is 4.31. The lowest BCUT2D eigenvalue weighted by Gasteiger charge is -2.40. The Kier molecular flexibility index (Phi) is 6.73. The summed E-state index contributed by atoms with van der Waals surface area (Å²) in [6.07, 6.45) is -8.71. The van der Waals surface area contributed by atoms with Gasteiger partial charge in [0.2, 0.25) is 0 Å². The average Bonchev–Trinajstić information content (AvgIpc) is 2.79. The van der Waals surface area contributed by atoms with Crippen LogP contribution in [0.5, 0.6) is 5.75 Å². The van der Waals surface area contributed by atoms with Crippen molar-refractivity contribution in [3.63, 3.8) is 0 Å². The molecule has 4 N–H and O–H groups in total. The molecule has 1 fully saturated rings. The van der Waals surface area contributed by atoms with Gasteiger partial charge in [-0.15, -0.1) is 0 Å². The third-order valence-electron chi connectivity index (χ3n) is 5.56. The number of carbonyl (C=O) groups excluding carboxylic acids is 1. The van der Waals surface area contributed by atoms with Crippen LogP contribution in [0.2, 0.25) is 0 Å². The molecule has 0 spiro atoms. The molecule has 0 saturated carbocycles. The van der Waals surface area contributed by atoms with Gasteiger partial charge in [0, 0.05) is 18.0 Å². The molecule has 0 aliphatic carbocycles. The Morgan fingerprint density at radius 3 is 2.16 bits per heavy atom. The first-order chi connectivity index (χ1) is 17.6. The molecular formula is C22H17F6N5O4S. The van der Waals surface area contributed by atoms with Crippen molar-refractivity contribution >= 4 is 21.7 Å². The van der Waals surface area contributed by atoms with Crippen molar-refractivity contribution in [2.45, 2.75) is 23.5 Å². The second-order valence-corrected chi connectivity index (χ2v) is 9.71. The molecule has 0 unspecified atom stereocenters. The minimum absolute atomic E-state index is 0.0118. The van der Waals surface area contributed by atoms with Crippen molar-refractivity contribution in [2.75, 3.05) is 18.0 Å². The van der Waals surface area contributed by atoms with Crippen molar-refractivity contribution < 1.29 is 44.3 Å². The molecule has 9 nitrogen and oxygen atoms in total. The molecule has 1 saturated heterocycles. The van der Waals surface area contributed by atoms with Crippen LogP contribution in [0, 0.1) is 0 Å². The first kappa shape index (κ1) is 27.1. The van der Waals surface area contributed by atoms with Crippen LogP contribution >= 0.6 is 0 Å². The Bertz CT molecular complexity index is 1490. The van der Waals surface area contributed by atoms with Gasteiger partial charge in [-0.25, -0.2) is 23.5 Å². The molecular weight excluding hydrogens is 544 g/mol. The number of aromatic nitrogens is 2. The number of amides is 1. The van der Waals surface area contributed by atoms with Crippen molar-refractivity contribution in [1.29, 1.82) is 0 Å². The summed E-state index contributed by atoms with van der Waals surface area (Å²) in [5.74, 6) is -1.36. The van der Waals surface area contributed by atoms with Gasteiger partial charge in [-0.1, -0.05) is 0 Å². The van der Waals surface area contributed by atoms with Gasteiger partial charge in [0.15, 0.2) is 5.03 Å². The third-order valence-corrected chi connectivity index (χ3v) is 6.36. The van der Waals surface area contributed by atoms with E-state index in [1.54, 1.807) is 0 Å². The molecule has 202 valence electrons. The van der Waals surface area contributed by atoms with E-state index in [2.05, 4.69) is 9.97 Å². The fraction of sp³-hybridized carbons (Fsp3) is 0.227. The van der Waals surface area contributed by atoms with Crippen LogP contribution in [0.1, 0.15) is 21.5 Å². The summed E-state index contributed by atoms with van der Waals surface area (Å²) in [7, 11) is -4.40. The topological polar surface area (TPSA) is 142 Å². The van der Waals surface area contributed by atoms with Crippen LogP contribution in [0.4, 0.5) is 32.2 Å². The number of pyridine rings is 2. The lowest BCUT2D eigenvalue weighted by molar-refractivity contribution is -0.138. The Morgan fingerprint density at radius 2 is 1.63 bits per heavy atom. The average molecular weight is 561 g/mol. The smallest absolute Gasteiger partial charge is 0.418 e. The molecule has 38 heavy (non-hydrogen) atoms. The Hall–Kier alpha value is -3.92. The van der Waals surface area contributed by atoms with Gasteiger partial charge in [0.25, 0.3) is 15.9 Å². The number of primary sulfonamides is 1. The number of benzene rings is 1. The zero-order valence-corrected chi connectivity index (χ0v) is 19.7. The van der Waals surface area contributed by atoms with Gasteiger partial charge in [-0.2, -0.15) is 26.3 Å². The number of carbonyl (C=O) groups is 1. The van der Waals surface area contributed by atoms with Crippen LogP contribution in [-0.2, 0) is 22.4 Å². The molecule has 3 heterocycles. The summed E-state index contributed by atoms with van der Waals surface area (Å²) in [4.78, 5) is 21.1. The predicted octanol–water partition coefficient (Wildman–Crippen LogP) is 3.20. The maximum Gasteiger partial charge on any atom is 0.418 e. The summed E-state index contributed by atoms with van der Waals surface area (Å²) in [5, 5.41) is 4.32. The Balaban J connectivity index is 1.68. The van der Waals surface area contributed by atoms with Crippen molar-refractivity contribution in [1.82, 2.24) is 9.97 Å². The van der Waals surface area contributed by atoms with E-state index >= 15 is 0 Å². The highest BCUT2D eigenvalue weighted by Crippen LogP contribution is 2.42. The SMILES string of the molecule is NC(=O)c1c(N2CC(Oc3ccc(C(F)(F)F)cc3)C2)ncc(C(F)(F)F)c1-c1ccnc(S(N)(=O)=O)c1. The molecule has 2 aromatic heterocycles. The maximum absolute atomic E-state index is 13.9. The number of anilines is 1. The van der Waals surface area contributed by atoms with Crippen molar-refractivity contribution in [3.05, 3.63) is 65.5 Å². The number of alkyl halides is 6. The first-order valence-corrected chi connectivity index (χ1v) is 12.1. The lowest BCUT2D eigenvalue weighted by Crippen LogP contribution is -2.55. The molecule has 0 atom stereocenters. The van der Waals surface area contributed by atoms with Crippen LogP contribution in [-0.4, -0.2) is 43.5 Å². The van der Waals surface area contributed by atoms with Gasteiger partial charge < -0.3 is 15.4 Å². The van der Waals surface area contributed by atoms with Crippen molar-refractivity contribution in [2.24, 2.45) is 10.9 Å². The molecule has 4 rings (SSSR count). The number of nitrogens with two attached hydrogens (primary N) is 2. The predicted molar refractivity (Wildman–Crippen MR) is 120 cm³/mol. The van der Waals surface area contributed by atoms with Gasteiger partial charge in [-0.05, 0) is 42.0 Å². The fourth-order valence-electron chi connectivity index (χ4n) is 3.81. The number of sulfonamides is 1. The van der Waals surface area contributed by atoms with E-state index in [9.17, 15) is 39.6 Å². The van der Waals surface area contributed by atoms with Gasteiger partial charge >= 0.3 is 12.4 Å². The van der Waals surface area contributed by atoms with Crippen LogP contribution in [0.3, 0.4) is 0 Å². The highest BCUT2D eigenvalue weighted by Gasteiger charge is 2.40. The minimum Gasteiger partial charge on any atom is -0.487 e. The molecule has 0 bridgehead atoms. The number of nitrogens with zero attached hydrogens (tertiary/aromatic N) is 3. The Labute approximate surface area is 211 Å². The molecule has 3 aromatic rings. The molecule has 1 aromatic carbocycles. The second kappa shape index (κ2) is 9.43. The number of ether oxygens (including phenoxy) is 1. The molecule has 16 heteroatoms. The van der Waals surface area contributed by atoms with Crippen LogP contribution < -0.4 is 20.5 Å². The molecule has 0 radical (unpaired) electrons. The first-order valence-electron chi connectivity index (χ1n) is 10.5. The van der Waals surface area contributed by atoms with E-state index < -0.39 is 61.7 Å². The van der Waals surface area contributed by atoms with E-state index in [4.69, 9.17) is 15.6 Å². The maximum atomic E-state index is 13.9. The Morgan fingerprint density at radius 1 is 1.00 bits per heavy atom. The summed E-state index contributed by atoms with van der Waals surface area (Å²) < 4.78 is 109. The quantitative estimate of drug-likeness (QED) is 0.441. The molecule has 1 amide bonds. The highest BCUT2D eigenvalue weighted by molar-refractivity contribution is 7.89. The van der Waals surface area contributed by atoms with E-state index in [1.807, 2.05) is 0 Å². The zero-order chi connectivity index (χ0) is 28.0. The minimum atomic E-state index is -5.00. The monoisotopic (exact) mass is 561 g/mol. The summed E-state index contributed by atoms with van der Waals surface area (Å²) in [6, 6.07) is 5.77. The number of hydrogen-bond donors (Lipinski definition) is 2. The highest BCUT2D eigenvalue weighted by atomic mass is 32.2. The molecule has 1 aliphatic rings. The van der Waals surface area contributed by atoms with Crippen LogP contribution in [0.25, 0.3) is 11.1 Å². The van der Waals surface area contributed by atoms with E-state index in [1.165, 1.54) is 4.90 Å². The number of halogens is 6. The van der Waals surface area contributed by atoms with Gasteiger partial charge in [0.05, 0.1) is 29.8 Å². The molecule has 1 aliphatic heterocycles. The van der Waals surface area contributed by atoms with Crippen molar-refractivity contribution in [3.8, 4) is 16.9 Å².